The number of rotatable bonds is 32. The van der Waals surface area contributed by atoms with Crippen molar-refractivity contribution >= 4 is 12.1 Å². The lowest BCUT2D eigenvalue weighted by molar-refractivity contribution is -0.145. The van der Waals surface area contributed by atoms with Gasteiger partial charge in [0.05, 0.1) is 6.61 Å². The first kappa shape index (κ1) is 41.7. The van der Waals surface area contributed by atoms with Crippen LogP contribution in [0.3, 0.4) is 0 Å². The van der Waals surface area contributed by atoms with E-state index in [9.17, 15) is 9.59 Å². The molecule has 0 rings (SSSR count). The van der Waals surface area contributed by atoms with Crippen molar-refractivity contribution in [1.29, 1.82) is 0 Å². The highest BCUT2D eigenvalue weighted by atomic mass is 16.7. The van der Waals surface area contributed by atoms with E-state index in [-0.39, 0.29) is 12.1 Å². The second-order valence-electron chi connectivity index (χ2n) is 12.8. The molecule has 2 atom stereocenters. The molecule has 6 nitrogen and oxygen atoms in total. The van der Waals surface area contributed by atoms with Gasteiger partial charge >= 0.3 is 12.1 Å². The summed E-state index contributed by atoms with van der Waals surface area (Å²) < 4.78 is 16.8. The van der Waals surface area contributed by atoms with Gasteiger partial charge in [0.1, 0.15) is 12.7 Å². The van der Waals surface area contributed by atoms with Gasteiger partial charge in [0, 0.05) is 13.0 Å². The Morgan fingerprint density at radius 1 is 0.581 bits per heavy atom. The highest BCUT2D eigenvalue weighted by molar-refractivity contribution is 5.69. The molecule has 0 saturated heterocycles. The van der Waals surface area contributed by atoms with E-state index in [4.69, 9.17) is 14.2 Å². The summed E-state index contributed by atoms with van der Waals surface area (Å²) in [6, 6.07) is 0. The Balaban J connectivity index is 4.17. The van der Waals surface area contributed by atoms with Crippen molar-refractivity contribution in [1.82, 2.24) is 4.90 Å². The molecular formula is C37H73NO5. The minimum atomic E-state index is -0.516. The van der Waals surface area contributed by atoms with Gasteiger partial charge in [-0.1, -0.05) is 130 Å². The standard InChI is InChI=1S/C37H73NO5/c1-6-10-13-15-16-19-23-28-35(43-37(40)41-32-31-38(5)9-4)29-24-20-17-18-21-25-30-36(39)42-33-34(26-12-8-3)27-22-14-11-7-2/h34-35H,6-33H2,1-5H3. The third-order valence-electron chi connectivity index (χ3n) is 8.69. The van der Waals surface area contributed by atoms with Crippen molar-refractivity contribution in [2.75, 3.05) is 33.4 Å². The highest BCUT2D eigenvalue weighted by Crippen LogP contribution is 2.20. The monoisotopic (exact) mass is 612 g/mol. The van der Waals surface area contributed by atoms with Crippen molar-refractivity contribution in [3.8, 4) is 0 Å². The Kier molecular flexibility index (Phi) is 31.1. The lowest BCUT2D eigenvalue weighted by atomic mass is 9.96. The molecule has 0 aliphatic heterocycles. The molecule has 0 N–H and O–H groups in total. The van der Waals surface area contributed by atoms with Crippen LogP contribution in [0.5, 0.6) is 0 Å². The van der Waals surface area contributed by atoms with Gasteiger partial charge in [0.15, 0.2) is 0 Å². The van der Waals surface area contributed by atoms with Gasteiger partial charge in [-0.15, -0.1) is 0 Å². The van der Waals surface area contributed by atoms with Crippen LogP contribution >= 0.6 is 0 Å². The predicted molar refractivity (Wildman–Crippen MR) is 182 cm³/mol. The fourth-order valence-corrected chi connectivity index (χ4v) is 5.50. The van der Waals surface area contributed by atoms with Gasteiger partial charge in [0.2, 0.25) is 0 Å². The van der Waals surface area contributed by atoms with Crippen molar-refractivity contribution in [3.05, 3.63) is 0 Å². The molecule has 0 bridgehead atoms. The third-order valence-corrected chi connectivity index (χ3v) is 8.69. The first-order valence-corrected chi connectivity index (χ1v) is 18.6. The summed E-state index contributed by atoms with van der Waals surface area (Å²) in [5.41, 5.74) is 0. The van der Waals surface area contributed by atoms with Gasteiger partial charge in [0.25, 0.3) is 0 Å². The Labute approximate surface area is 267 Å². The number of ether oxygens (including phenoxy) is 3. The first-order chi connectivity index (χ1) is 21.0. The van der Waals surface area contributed by atoms with E-state index in [2.05, 4.69) is 32.6 Å². The van der Waals surface area contributed by atoms with Crippen LogP contribution in [0.4, 0.5) is 4.79 Å². The maximum absolute atomic E-state index is 12.3. The minimum Gasteiger partial charge on any atom is -0.465 e. The Morgan fingerprint density at radius 2 is 1.07 bits per heavy atom. The van der Waals surface area contributed by atoms with E-state index in [1.165, 1.54) is 89.9 Å². The number of hydrogen-bond donors (Lipinski definition) is 0. The van der Waals surface area contributed by atoms with Crippen LogP contribution < -0.4 is 0 Å². The van der Waals surface area contributed by atoms with Gasteiger partial charge in [-0.3, -0.25) is 4.79 Å². The van der Waals surface area contributed by atoms with Crippen molar-refractivity contribution in [2.45, 2.75) is 188 Å². The summed E-state index contributed by atoms with van der Waals surface area (Å²) in [4.78, 5) is 26.7. The second-order valence-corrected chi connectivity index (χ2v) is 12.8. The predicted octanol–water partition coefficient (Wildman–Crippen LogP) is 11.0. The number of likely N-dealkylation sites (N-methyl/N-ethyl adjacent to an activating group) is 1. The van der Waals surface area contributed by atoms with Gasteiger partial charge in [-0.2, -0.15) is 0 Å². The average molecular weight is 612 g/mol. The molecule has 6 heteroatoms. The Bertz CT molecular complexity index is 614. The van der Waals surface area contributed by atoms with Crippen LogP contribution in [0.25, 0.3) is 0 Å². The normalized spacial score (nSPS) is 12.8. The maximum atomic E-state index is 12.3. The zero-order valence-electron chi connectivity index (χ0n) is 29.4. The summed E-state index contributed by atoms with van der Waals surface area (Å²) in [5, 5.41) is 0. The first-order valence-electron chi connectivity index (χ1n) is 18.6. The van der Waals surface area contributed by atoms with E-state index >= 15 is 0 Å². The third kappa shape index (κ3) is 29.2. The quantitative estimate of drug-likeness (QED) is 0.0557. The molecule has 0 heterocycles. The molecule has 0 aromatic carbocycles. The van der Waals surface area contributed by atoms with Crippen LogP contribution in [-0.4, -0.2) is 56.5 Å². The van der Waals surface area contributed by atoms with Crippen molar-refractivity contribution < 1.29 is 23.8 Å². The molecular weight excluding hydrogens is 538 g/mol. The van der Waals surface area contributed by atoms with E-state index < -0.39 is 6.16 Å². The van der Waals surface area contributed by atoms with Crippen molar-refractivity contribution in [2.24, 2.45) is 5.92 Å². The van der Waals surface area contributed by atoms with Gasteiger partial charge in [-0.25, -0.2) is 4.79 Å². The molecule has 0 spiro atoms. The molecule has 2 unspecified atom stereocenters. The molecule has 0 fully saturated rings. The Hall–Kier alpha value is -1.30. The maximum Gasteiger partial charge on any atom is 0.508 e. The molecule has 0 radical (unpaired) electrons. The molecule has 0 aromatic heterocycles. The van der Waals surface area contributed by atoms with E-state index in [0.717, 1.165) is 70.9 Å². The van der Waals surface area contributed by atoms with Gasteiger partial charge in [-0.05, 0) is 64.5 Å². The number of nitrogens with zero attached hydrogens (tertiary/aromatic N) is 1. The fraction of sp³-hybridized carbons (Fsp3) is 0.946. The smallest absolute Gasteiger partial charge is 0.465 e. The second kappa shape index (κ2) is 32.1. The topological polar surface area (TPSA) is 65.1 Å². The molecule has 0 saturated carbocycles. The van der Waals surface area contributed by atoms with Crippen LogP contribution in [0.15, 0.2) is 0 Å². The summed E-state index contributed by atoms with van der Waals surface area (Å²) in [6.07, 6.45) is 27.0. The molecule has 0 amide bonds. The SMILES string of the molecule is CCCCCCCCCC(CCCCCCCCC(=O)OCC(CCCC)CCCCCC)OC(=O)OCCN(C)CC. The molecule has 256 valence electrons. The van der Waals surface area contributed by atoms with Crippen molar-refractivity contribution in [3.63, 3.8) is 0 Å². The largest absolute Gasteiger partial charge is 0.508 e. The number of esters is 1. The van der Waals surface area contributed by atoms with E-state index in [1.807, 2.05) is 7.05 Å². The molecule has 43 heavy (non-hydrogen) atoms. The summed E-state index contributed by atoms with van der Waals surface area (Å²) in [6.45, 7) is 11.5. The summed E-state index contributed by atoms with van der Waals surface area (Å²) in [5.74, 6) is 0.512. The molecule has 0 aromatic rings. The zero-order valence-corrected chi connectivity index (χ0v) is 29.4. The molecule has 0 aliphatic rings. The zero-order chi connectivity index (χ0) is 31.8. The number of carbonyl (C=O) groups excluding carboxylic acids is 2. The number of carbonyl (C=O) groups is 2. The summed E-state index contributed by atoms with van der Waals surface area (Å²) in [7, 11) is 2.02. The minimum absolute atomic E-state index is 0.0198. The van der Waals surface area contributed by atoms with Crippen LogP contribution in [0, 0.1) is 5.92 Å². The Morgan fingerprint density at radius 3 is 1.65 bits per heavy atom. The molecule has 0 aliphatic carbocycles. The number of hydrogen-bond acceptors (Lipinski definition) is 6. The van der Waals surface area contributed by atoms with Gasteiger partial charge < -0.3 is 19.1 Å². The lowest BCUT2D eigenvalue weighted by Gasteiger charge is -2.19. The van der Waals surface area contributed by atoms with Crippen LogP contribution in [-0.2, 0) is 19.0 Å². The van der Waals surface area contributed by atoms with E-state index in [0.29, 0.717) is 25.6 Å². The summed E-state index contributed by atoms with van der Waals surface area (Å²) >= 11 is 0. The van der Waals surface area contributed by atoms with Crippen LogP contribution in [0.1, 0.15) is 182 Å². The highest BCUT2D eigenvalue weighted by Gasteiger charge is 2.16. The van der Waals surface area contributed by atoms with E-state index in [1.54, 1.807) is 0 Å². The average Bonchev–Trinajstić information content (AvgIpc) is 3.00. The van der Waals surface area contributed by atoms with Crippen LogP contribution in [0.2, 0.25) is 0 Å². The number of unbranched alkanes of at least 4 members (excludes halogenated alkanes) is 15. The lowest BCUT2D eigenvalue weighted by Crippen LogP contribution is -2.26. The fourth-order valence-electron chi connectivity index (χ4n) is 5.50.